The van der Waals surface area contributed by atoms with Crippen molar-refractivity contribution in [3.63, 3.8) is 0 Å². The van der Waals surface area contributed by atoms with E-state index in [1.54, 1.807) is 12.1 Å². The van der Waals surface area contributed by atoms with Gasteiger partial charge in [-0.15, -0.1) is 0 Å². The van der Waals surface area contributed by atoms with Crippen LogP contribution in [0.2, 0.25) is 0 Å². The molecule has 110 valence electrons. The Kier molecular flexibility index (Phi) is 4.22. The fourth-order valence-corrected chi connectivity index (χ4v) is 3.25. The second kappa shape index (κ2) is 6.10. The molecule has 1 aromatic carbocycles. The molecule has 0 radical (unpaired) electrons. The van der Waals surface area contributed by atoms with Crippen molar-refractivity contribution in [2.24, 2.45) is 0 Å². The zero-order chi connectivity index (χ0) is 13.9. The van der Waals surface area contributed by atoms with Crippen LogP contribution >= 0.6 is 0 Å². The molecule has 2 aliphatic rings. The maximum atomic E-state index is 14.3. The molecule has 0 amide bonds. The van der Waals surface area contributed by atoms with Gasteiger partial charge in [-0.3, -0.25) is 0 Å². The van der Waals surface area contributed by atoms with Crippen LogP contribution in [-0.2, 0) is 11.3 Å². The molecular weight excluding hydrogens is 255 g/mol. The van der Waals surface area contributed by atoms with Crippen molar-refractivity contribution in [2.45, 2.75) is 44.9 Å². The molecule has 2 atom stereocenters. The first kappa shape index (κ1) is 13.8. The Morgan fingerprint density at radius 3 is 2.75 bits per heavy atom. The number of rotatable bonds is 5. The summed E-state index contributed by atoms with van der Waals surface area (Å²) in [6, 6.07) is 5.39. The van der Waals surface area contributed by atoms with Crippen molar-refractivity contribution in [3.8, 4) is 0 Å². The standard InChI is InChI=1S/C16H23FN2O/c1-2-8-18-9-12-4-3-5-15(17)16(12)19-10-13-6-7-14(11-19)20-13/h3-5,13-14,18H,2,6-11H2,1H3. The molecule has 0 spiro atoms. The third-order valence-corrected chi connectivity index (χ3v) is 4.17. The van der Waals surface area contributed by atoms with Crippen molar-refractivity contribution in [1.82, 2.24) is 5.32 Å². The molecule has 2 saturated heterocycles. The Hall–Kier alpha value is -1.13. The molecule has 0 saturated carbocycles. The van der Waals surface area contributed by atoms with Gasteiger partial charge in [0.15, 0.2) is 0 Å². The lowest BCUT2D eigenvalue weighted by Crippen LogP contribution is -2.43. The fraction of sp³-hybridized carbons (Fsp3) is 0.625. The number of morpholine rings is 1. The highest BCUT2D eigenvalue weighted by Gasteiger charge is 2.35. The number of benzene rings is 1. The SMILES string of the molecule is CCCNCc1cccc(F)c1N1CC2CCC(C1)O2. The smallest absolute Gasteiger partial charge is 0.146 e. The van der Waals surface area contributed by atoms with Gasteiger partial charge in [-0.25, -0.2) is 4.39 Å². The number of fused-ring (bicyclic) bond motifs is 2. The molecule has 1 aromatic rings. The van der Waals surface area contributed by atoms with Gasteiger partial charge in [-0.05, 0) is 37.4 Å². The van der Waals surface area contributed by atoms with Crippen LogP contribution < -0.4 is 10.2 Å². The molecule has 2 unspecified atom stereocenters. The summed E-state index contributed by atoms with van der Waals surface area (Å²) >= 11 is 0. The molecular formula is C16H23FN2O. The molecule has 2 fully saturated rings. The van der Waals surface area contributed by atoms with Gasteiger partial charge in [-0.1, -0.05) is 19.1 Å². The quantitative estimate of drug-likeness (QED) is 0.838. The van der Waals surface area contributed by atoms with Gasteiger partial charge in [0, 0.05) is 19.6 Å². The van der Waals surface area contributed by atoms with E-state index in [2.05, 4.69) is 17.1 Å². The Balaban J connectivity index is 1.80. The summed E-state index contributed by atoms with van der Waals surface area (Å²) in [6.45, 7) is 5.47. The number of ether oxygens (including phenoxy) is 1. The van der Waals surface area contributed by atoms with E-state index in [-0.39, 0.29) is 18.0 Å². The highest BCUT2D eigenvalue weighted by molar-refractivity contribution is 5.55. The Morgan fingerprint density at radius 1 is 1.30 bits per heavy atom. The summed E-state index contributed by atoms with van der Waals surface area (Å²) < 4.78 is 20.2. The summed E-state index contributed by atoms with van der Waals surface area (Å²) in [5.74, 6) is -0.109. The van der Waals surface area contributed by atoms with Gasteiger partial charge < -0.3 is 15.0 Å². The number of nitrogens with zero attached hydrogens (tertiary/aromatic N) is 1. The summed E-state index contributed by atoms with van der Waals surface area (Å²) in [4.78, 5) is 2.18. The third kappa shape index (κ3) is 2.81. The van der Waals surface area contributed by atoms with E-state index >= 15 is 0 Å². The second-order valence-electron chi connectivity index (χ2n) is 5.79. The Bertz CT molecular complexity index is 454. The number of para-hydroxylation sites is 1. The first-order valence-electron chi connectivity index (χ1n) is 7.66. The van der Waals surface area contributed by atoms with Crippen LogP contribution in [0.25, 0.3) is 0 Å². The normalized spacial score (nSPS) is 25.2. The van der Waals surface area contributed by atoms with Crippen LogP contribution in [0.3, 0.4) is 0 Å². The molecule has 0 aliphatic carbocycles. The Morgan fingerprint density at radius 2 is 2.05 bits per heavy atom. The largest absolute Gasteiger partial charge is 0.371 e. The maximum absolute atomic E-state index is 14.3. The van der Waals surface area contributed by atoms with Crippen LogP contribution in [0.5, 0.6) is 0 Å². The van der Waals surface area contributed by atoms with Gasteiger partial charge in [0.05, 0.1) is 17.9 Å². The van der Waals surface area contributed by atoms with Crippen molar-refractivity contribution < 1.29 is 9.13 Å². The highest BCUT2D eigenvalue weighted by Crippen LogP contribution is 2.32. The van der Waals surface area contributed by atoms with Crippen LogP contribution in [0.15, 0.2) is 18.2 Å². The van der Waals surface area contributed by atoms with Crippen LogP contribution in [-0.4, -0.2) is 31.8 Å². The zero-order valence-electron chi connectivity index (χ0n) is 12.1. The molecule has 2 bridgehead atoms. The van der Waals surface area contributed by atoms with E-state index in [0.717, 1.165) is 56.7 Å². The second-order valence-corrected chi connectivity index (χ2v) is 5.79. The average molecular weight is 278 g/mol. The lowest BCUT2D eigenvalue weighted by Gasteiger charge is -2.35. The summed E-state index contributed by atoms with van der Waals surface area (Å²) in [5.41, 5.74) is 1.83. The van der Waals surface area contributed by atoms with Crippen LogP contribution in [0.4, 0.5) is 10.1 Å². The molecule has 20 heavy (non-hydrogen) atoms. The van der Waals surface area contributed by atoms with Crippen LogP contribution in [0.1, 0.15) is 31.7 Å². The van der Waals surface area contributed by atoms with Gasteiger partial charge in [0.25, 0.3) is 0 Å². The summed E-state index contributed by atoms with van der Waals surface area (Å²) in [6.07, 6.45) is 3.87. The van der Waals surface area contributed by atoms with Crippen LogP contribution in [0, 0.1) is 5.82 Å². The number of nitrogens with one attached hydrogen (secondary N) is 1. The molecule has 2 heterocycles. The maximum Gasteiger partial charge on any atom is 0.146 e. The van der Waals surface area contributed by atoms with E-state index in [9.17, 15) is 4.39 Å². The summed E-state index contributed by atoms with van der Waals surface area (Å²) in [5, 5.41) is 3.37. The van der Waals surface area contributed by atoms with Crippen molar-refractivity contribution >= 4 is 5.69 Å². The third-order valence-electron chi connectivity index (χ3n) is 4.17. The van der Waals surface area contributed by atoms with E-state index in [0.29, 0.717) is 0 Å². The molecule has 3 rings (SSSR count). The minimum Gasteiger partial charge on any atom is -0.371 e. The molecule has 3 nitrogen and oxygen atoms in total. The number of anilines is 1. The van der Waals surface area contributed by atoms with E-state index in [4.69, 9.17) is 4.74 Å². The number of halogens is 1. The molecule has 1 N–H and O–H groups in total. The van der Waals surface area contributed by atoms with Crippen molar-refractivity contribution in [2.75, 3.05) is 24.5 Å². The first-order chi connectivity index (χ1) is 9.78. The first-order valence-corrected chi connectivity index (χ1v) is 7.66. The van der Waals surface area contributed by atoms with E-state index in [1.165, 1.54) is 0 Å². The minimum atomic E-state index is -0.109. The number of hydrogen-bond donors (Lipinski definition) is 1. The Labute approximate surface area is 120 Å². The van der Waals surface area contributed by atoms with Gasteiger partial charge >= 0.3 is 0 Å². The van der Waals surface area contributed by atoms with Gasteiger partial charge in [0.2, 0.25) is 0 Å². The van der Waals surface area contributed by atoms with Gasteiger partial charge in [-0.2, -0.15) is 0 Å². The highest BCUT2D eigenvalue weighted by atomic mass is 19.1. The fourth-order valence-electron chi connectivity index (χ4n) is 3.25. The lowest BCUT2D eigenvalue weighted by molar-refractivity contribution is 0.0302. The zero-order valence-corrected chi connectivity index (χ0v) is 12.1. The van der Waals surface area contributed by atoms with E-state index in [1.807, 2.05) is 6.07 Å². The summed E-state index contributed by atoms with van der Waals surface area (Å²) in [7, 11) is 0. The monoisotopic (exact) mass is 278 g/mol. The minimum absolute atomic E-state index is 0.109. The van der Waals surface area contributed by atoms with E-state index < -0.39 is 0 Å². The van der Waals surface area contributed by atoms with Gasteiger partial charge in [0.1, 0.15) is 5.82 Å². The topological polar surface area (TPSA) is 24.5 Å². The molecule has 4 heteroatoms. The molecule has 0 aromatic heterocycles. The van der Waals surface area contributed by atoms with Crippen molar-refractivity contribution in [1.29, 1.82) is 0 Å². The predicted octanol–water partition coefficient (Wildman–Crippen LogP) is 2.69. The lowest BCUT2D eigenvalue weighted by atomic mass is 10.1. The molecule has 2 aliphatic heterocycles. The van der Waals surface area contributed by atoms with Crippen molar-refractivity contribution in [3.05, 3.63) is 29.6 Å². The predicted molar refractivity (Wildman–Crippen MR) is 78.5 cm³/mol. The number of hydrogen-bond acceptors (Lipinski definition) is 3. The average Bonchev–Trinajstić information content (AvgIpc) is 2.78.